The first-order valence-electron chi connectivity index (χ1n) is 28.9. The topological polar surface area (TPSA) is 26.0 Å². The highest BCUT2D eigenvalue weighted by Gasteiger charge is 2.07. The second kappa shape index (κ2) is 49.3. The molecule has 10 aromatic heterocycles. The molecule has 0 amide bonds. The summed E-state index contributed by atoms with van der Waals surface area (Å²) >= 11 is 16.4. The van der Waals surface area contributed by atoms with Gasteiger partial charge in [-0.15, -0.1) is 90.7 Å². The largest absolute Gasteiger partial charge is 0.463 e. The van der Waals surface area contributed by atoms with Crippen LogP contribution in [0.2, 0.25) is 0 Å². The maximum atomic E-state index is 5.35. The molecule has 0 spiro atoms. The average molecular weight is 1220 g/mol. The normalized spacial score (nSPS) is 9.62. The smallest absolute Gasteiger partial charge is 0.145 e. The Morgan fingerprint density at radius 1 is 0.397 bits per heavy atom. The SMILES string of the molecule is CC.CC.CC.CC.CC.CCCCCCc1cc(-c2cccs2)cs1.CCCCCCc1ncc(-c2ccco2)s1.CCCCCc1cc(-c2cccs2)cs1.Cc1cc(-c2cccs2)cs1.c1csc(-c2ccsc2)c1. The van der Waals surface area contributed by atoms with Crippen molar-refractivity contribution in [3.63, 3.8) is 0 Å². The Morgan fingerprint density at radius 2 is 0.833 bits per heavy atom. The zero-order valence-corrected chi connectivity index (χ0v) is 57.2. The number of thiophene rings is 8. The Labute approximate surface area is 511 Å². The van der Waals surface area contributed by atoms with Crippen LogP contribution < -0.4 is 0 Å². The van der Waals surface area contributed by atoms with Gasteiger partial charge in [-0.05, 0) is 155 Å². The maximum absolute atomic E-state index is 5.35. The first-order chi connectivity index (χ1) is 38.5. The van der Waals surface area contributed by atoms with Gasteiger partial charge in [0, 0.05) is 62.6 Å². The highest BCUT2D eigenvalue weighted by molar-refractivity contribution is 7.16. The fourth-order valence-electron chi connectivity index (χ4n) is 6.97. The van der Waals surface area contributed by atoms with Crippen LogP contribution in [0.15, 0.2) is 150 Å². The van der Waals surface area contributed by atoms with Crippen molar-refractivity contribution in [3.05, 3.63) is 165 Å². The van der Waals surface area contributed by atoms with E-state index in [9.17, 15) is 0 Å². The molecule has 2 nitrogen and oxygen atoms in total. The molecule has 0 saturated carbocycles. The summed E-state index contributed by atoms with van der Waals surface area (Å²) < 4.78 is 5.35. The molecular formula is C67H95NOS9. The van der Waals surface area contributed by atoms with Crippen molar-refractivity contribution in [1.82, 2.24) is 4.98 Å². The van der Waals surface area contributed by atoms with Gasteiger partial charge in [-0.25, -0.2) is 4.98 Å². The van der Waals surface area contributed by atoms with Crippen LogP contribution in [0.5, 0.6) is 0 Å². The third kappa shape index (κ3) is 29.8. The Balaban J connectivity index is 0.000000472. The molecule has 0 unspecified atom stereocenters. The molecule has 0 N–H and O–H groups in total. The molecule has 0 aliphatic heterocycles. The summed E-state index contributed by atoms with van der Waals surface area (Å²) in [5, 5.41) is 20.8. The first-order valence-corrected chi connectivity index (χ1v) is 36.8. The third-order valence-electron chi connectivity index (χ3n) is 10.6. The molecular weight excluding hydrogens is 1120 g/mol. The Hall–Kier alpha value is -3.49. The monoisotopic (exact) mass is 1220 g/mol. The Bertz CT molecular complexity index is 2560. The van der Waals surface area contributed by atoms with Gasteiger partial charge in [-0.3, -0.25) is 0 Å². The molecule has 10 aromatic rings. The van der Waals surface area contributed by atoms with Gasteiger partial charge in [0.25, 0.3) is 0 Å². The van der Waals surface area contributed by atoms with E-state index in [0.717, 1.165) is 17.1 Å². The third-order valence-corrected chi connectivity index (χ3v) is 18.9. The van der Waals surface area contributed by atoms with Crippen LogP contribution in [0.3, 0.4) is 0 Å². The molecule has 0 atom stereocenters. The van der Waals surface area contributed by atoms with Crippen LogP contribution in [0.1, 0.15) is 180 Å². The van der Waals surface area contributed by atoms with Crippen molar-refractivity contribution in [1.29, 1.82) is 0 Å². The van der Waals surface area contributed by atoms with Crippen molar-refractivity contribution < 1.29 is 4.42 Å². The van der Waals surface area contributed by atoms with E-state index < -0.39 is 0 Å². The lowest BCUT2D eigenvalue weighted by Gasteiger charge is -1.96. The van der Waals surface area contributed by atoms with E-state index in [1.54, 1.807) is 56.5 Å². The van der Waals surface area contributed by atoms with Crippen LogP contribution in [0.4, 0.5) is 0 Å². The molecule has 0 fully saturated rings. The summed E-state index contributed by atoms with van der Waals surface area (Å²) in [5.74, 6) is 0.928. The molecule has 0 aliphatic carbocycles. The quantitative estimate of drug-likeness (QED) is 0.0754. The number of furan rings is 1. The van der Waals surface area contributed by atoms with Gasteiger partial charge in [-0.1, -0.05) is 166 Å². The summed E-state index contributed by atoms with van der Waals surface area (Å²) in [5.41, 5.74) is 5.52. The van der Waals surface area contributed by atoms with E-state index in [-0.39, 0.29) is 0 Å². The van der Waals surface area contributed by atoms with Gasteiger partial charge in [0.2, 0.25) is 0 Å². The molecule has 0 radical (unpaired) electrons. The number of aryl methyl sites for hydroxylation is 4. The molecule has 0 saturated heterocycles. The lowest BCUT2D eigenvalue weighted by Crippen LogP contribution is -1.83. The highest BCUT2D eigenvalue weighted by atomic mass is 32.1. The molecule has 0 bridgehead atoms. The molecule has 11 heteroatoms. The summed E-state index contributed by atoms with van der Waals surface area (Å²) in [7, 11) is 0. The lowest BCUT2D eigenvalue weighted by atomic mass is 10.1. The first kappa shape index (κ1) is 72.5. The van der Waals surface area contributed by atoms with Gasteiger partial charge < -0.3 is 4.42 Å². The van der Waals surface area contributed by atoms with E-state index in [0.29, 0.717) is 0 Å². The molecule has 428 valence electrons. The number of hydrogen-bond donors (Lipinski definition) is 0. The van der Waals surface area contributed by atoms with Crippen molar-refractivity contribution >= 4 is 102 Å². The maximum Gasteiger partial charge on any atom is 0.145 e. The zero-order chi connectivity index (χ0) is 57.4. The highest BCUT2D eigenvalue weighted by Crippen LogP contribution is 2.33. The summed E-state index contributed by atoms with van der Waals surface area (Å²) in [4.78, 5) is 15.5. The van der Waals surface area contributed by atoms with Gasteiger partial charge >= 0.3 is 0 Å². The summed E-state index contributed by atoms with van der Waals surface area (Å²) in [6, 6.07) is 30.1. The predicted octanol–water partition coefficient (Wildman–Crippen LogP) is 27.7. The Kier molecular flexibility index (Phi) is 45.9. The van der Waals surface area contributed by atoms with E-state index in [1.165, 1.54) is 140 Å². The molecule has 0 aromatic carbocycles. The molecule has 10 heterocycles. The van der Waals surface area contributed by atoms with Gasteiger partial charge in [-0.2, -0.15) is 11.3 Å². The molecule has 10 rings (SSSR count). The van der Waals surface area contributed by atoms with E-state index in [4.69, 9.17) is 4.42 Å². The second-order valence-corrected chi connectivity index (χ2v) is 24.9. The minimum atomic E-state index is 0.928. The molecule has 78 heavy (non-hydrogen) atoms. The van der Waals surface area contributed by atoms with Crippen LogP contribution in [0, 0.1) is 6.92 Å². The standard InChI is InChI=1S/C14H18S2.C13H17NOS.C13H16S2.C9H8S2.C8H6S2.5C2H6/c1-2-3-4-5-7-13-10-12(11-16-13)14-8-6-9-15-14;1-2-3-4-5-8-13-14-10-12(16-13)11-7-6-9-15-11;1-2-3-4-6-12-9-11(10-15-12)13-7-5-8-14-13;1-7-5-8(6-11-7)9-3-2-4-10-9;1-2-8(10-4-1)7-3-5-9-6-7;5*1-2/h6,8-11H,2-5,7H2,1H3;6-7,9-10H,2-5,8H2,1H3;5,7-10H,2-4,6H2,1H3;2-6H,1H3;1-6H;5*1-2H3. The number of aromatic nitrogens is 1. The van der Waals surface area contributed by atoms with Crippen LogP contribution in [-0.4, -0.2) is 4.98 Å². The summed E-state index contributed by atoms with van der Waals surface area (Å²) in [6.07, 6.45) is 21.8. The lowest BCUT2D eigenvalue weighted by molar-refractivity contribution is 0.583. The van der Waals surface area contributed by atoms with E-state index >= 15 is 0 Å². The number of thiazole rings is 1. The Morgan fingerprint density at radius 3 is 1.23 bits per heavy atom. The van der Waals surface area contributed by atoms with Gasteiger partial charge in [0.1, 0.15) is 5.76 Å². The van der Waals surface area contributed by atoms with Gasteiger partial charge in [0.05, 0.1) is 16.1 Å². The summed E-state index contributed by atoms with van der Waals surface area (Å²) in [6.45, 7) is 28.9. The van der Waals surface area contributed by atoms with Crippen LogP contribution in [-0.2, 0) is 19.3 Å². The number of nitrogens with zero attached hydrogens (tertiary/aromatic N) is 1. The second-order valence-electron chi connectivity index (χ2n) is 16.1. The van der Waals surface area contributed by atoms with Crippen molar-refractivity contribution in [2.24, 2.45) is 0 Å². The minimum absolute atomic E-state index is 0.928. The number of unbranched alkanes of at least 4 members (excludes halogenated alkanes) is 8. The van der Waals surface area contributed by atoms with Crippen molar-refractivity contribution in [3.8, 4) is 52.4 Å². The van der Waals surface area contributed by atoms with E-state index in [2.05, 4.69) is 154 Å². The fraction of sp³-hybridized carbons (Fsp3) is 0.418. The average Bonchev–Trinajstić information content (AvgIpc) is 4.33. The minimum Gasteiger partial charge on any atom is -0.463 e. The number of hydrogen-bond acceptors (Lipinski definition) is 11. The van der Waals surface area contributed by atoms with Crippen molar-refractivity contribution in [2.75, 3.05) is 0 Å². The van der Waals surface area contributed by atoms with E-state index in [1.807, 2.05) is 144 Å². The number of rotatable bonds is 19. The molecule has 0 aliphatic rings. The predicted molar refractivity (Wildman–Crippen MR) is 371 cm³/mol. The fourth-order valence-corrected chi connectivity index (χ4v) is 14.3. The van der Waals surface area contributed by atoms with Crippen LogP contribution >= 0.6 is 102 Å². The van der Waals surface area contributed by atoms with Gasteiger partial charge in [0.15, 0.2) is 0 Å². The zero-order valence-electron chi connectivity index (χ0n) is 49.9. The van der Waals surface area contributed by atoms with Crippen molar-refractivity contribution in [2.45, 2.75) is 187 Å². The van der Waals surface area contributed by atoms with Crippen LogP contribution in [0.25, 0.3) is 52.4 Å².